The van der Waals surface area contributed by atoms with E-state index < -0.39 is 4.92 Å². The molecular weight excluding hydrogens is 452 g/mol. The minimum absolute atomic E-state index is 0.00555. The van der Waals surface area contributed by atoms with Crippen LogP contribution in [0.1, 0.15) is 24.3 Å². The Bertz CT molecular complexity index is 1270. The van der Waals surface area contributed by atoms with Crippen molar-refractivity contribution in [2.75, 3.05) is 6.79 Å². The third-order valence-electron chi connectivity index (χ3n) is 5.27. The number of nitro groups is 1. The molecule has 1 amide bonds. The molecule has 0 N–H and O–H groups in total. The first-order valence-corrected chi connectivity index (χ1v) is 10.5. The van der Waals surface area contributed by atoms with E-state index in [1.54, 1.807) is 23.1 Å². The third-order valence-corrected chi connectivity index (χ3v) is 5.60. The standard InChI is InChI=1S/C22H17ClN4O6/c23-16-4-2-1-3-15(16)22-25-24-20(33-22)11-26(14-6-7-14)21(28)8-5-13-9-18-19(32-12-31-18)10-17(13)27(29)30/h1-5,8-10,14H,6-7,11-12H2/b8-5+. The molecule has 1 aliphatic heterocycles. The maximum atomic E-state index is 13.0. The molecule has 168 valence electrons. The number of carbonyl (C=O) groups is 1. The highest BCUT2D eigenvalue weighted by atomic mass is 35.5. The highest BCUT2D eigenvalue weighted by Gasteiger charge is 2.33. The smallest absolute Gasteiger partial charge is 0.280 e. The Hall–Kier alpha value is -3.92. The van der Waals surface area contributed by atoms with Gasteiger partial charge in [0, 0.05) is 12.1 Å². The largest absolute Gasteiger partial charge is 0.454 e. The molecule has 2 aromatic carbocycles. The average Bonchev–Trinajstić information content (AvgIpc) is 3.35. The summed E-state index contributed by atoms with van der Waals surface area (Å²) in [6.45, 7) is 0.114. The van der Waals surface area contributed by atoms with Gasteiger partial charge in [-0.1, -0.05) is 23.7 Å². The molecule has 0 radical (unpaired) electrons. The van der Waals surface area contributed by atoms with Gasteiger partial charge in [-0.3, -0.25) is 14.9 Å². The zero-order valence-corrected chi connectivity index (χ0v) is 17.9. The number of rotatable bonds is 7. The van der Waals surface area contributed by atoms with Gasteiger partial charge in [0.25, 0.3) is 5.69 Å². The highest BCUT2D eigenvalue weighted by molar-refractivity contribution is 6.33. The molecule has 1 saturated carbocycles. The number of nitro benzene ring substituents is 1. The molecule has 11 heteroatoms. The minimum Gasteiger partial charge on any atom is -0.454 e. The van der Waals surface area contributed by atoms with Gasteiger partial charge in [-0.25, -0.2) is 0 Å². The fourth-order valence-electron chi connectivity index (χ4n) is 3.48. The van der Waals surface area contributed by atoms with Crippen molar-refractivity contribution in [1.82, 2.24) is 15.1 Å². The fourth-order valence-corrected chi connectivity index (χ4v) is 3.69. The van der Waals surface area contributed by atoms with Crippen LogP contribution in [0.3, 0.4) is 0 Å². The van der Waals surface area contributed by atoms with Crippen molar-refractivity contribution in [2.45, 2.75) is 25.4 Å². The number of amides is 1. The summed E-state index contributed by atoms with van der Waals surface area (Å²) in [6, 6.07) is 9.92. The van der Waals surface area contributed by atoms with Crippen molar-refractivity contribution in [3.63, 3.8) is 0 Å². The molecule has 3 aromatic rings. The normalized spacial score (nSPS) is 14.6. The molecule has 0 spiro atoms. The van der Waals surface area contributed by atoms with Gasteiger partial charge in [-0.15, -0.1) is 10.2 Å². The predicted molar refractivity (Wildman–Crippen MR) is 117 cm³/mol. The molecule has 0 unspecified atom stereocenters. The van der Waals surface area contributed by atoms with Crippen LogP contribution in [-0.2, 0) is 11.3 Å². The van der Waals surface area contributed by atoms with E-state index >= 15 is 0 Å². The maximum Gasteiger partial charge on any atom is 0.280 e. The van der Waals surface area contributed by atoms with Crippen molar-refractivity contribution < 1.29 is 23.6 Å². The van der Waals surface area contributed by atoms with Crippen LogP contribution in [0.25, 0.3) is 17.5 Å². The van der Waals surface area contributed by atoms with Crippen LogP contribution in [0.5, 0.6) is 11.5 Å². The van der Waals surface area contributed by atoms with Crippen molar-refractivity contribution >= 4 is 29.3 Å². The van der Waals surface area contributed by atoms with Gasteiger partial charge in [0.05, 0.1) is 33.7 Å². The summed E-state index contributed by atoms with van der Waals surface area (Å²) < 4.78 is 16.2. The summed E-state index contributed by atoms with van der Waals surface area (Å²) in [5.74, 6) is 0.917. The zero-order chi connectivity index (χ0) is 22.9. The number of hydrogen-bond acceptors (Lipinski definition) is 8. The lowest BCUT2D eigenvalue weighted by molar-refractivity contribution is -0.385. The van der Waals surface area contributed by atoms with E-state index in [1.165, 1.54) is 24.3 Å². The van der Waals surface area contributed by atoms with Crippen LogP contribution in [0.15, 0.2) is 46.9 Å². The van der Waals surface area contributed by atoms with Gasteiger partial charge in [-0.05, 0) is 37.1 Å². The van der Waals surface area contributed by atoms with Gasteiger partial charge >= 0.3 is 0 Å². The number of fused-ring (bicyclic) bond motifs is 1. The Morgan fingerprint density at radius 1 is 1.21 bits per heavy atom. The number of aromatic nitrogens is 2. The lowest BCUT2D eigenvalue weighted by atomic mass is 10.1. The van der Waals surface area contributed by atoms with Crippen LogP contribution in [0.2, 0.25) is 5.02 Å². The molecule has 1 aliphatic carbocycles. The Balaban J connectivity index is 1.35. The van der Waals surface area contributed by atoms with Gasteiger partial charge in [-0.2, -0.15) is 0 Å². The fraction of sp³-hybridized carbons (Fsp3) is 0.227. The van der Waals surface area contributed by atoms with E-state index in [9.17, 15) is 14.9 Å². The van der Waals surface area contributed by atoms with Gasteiger partial charge in [0.2, 0.25) is 24.5 Å². The second-order valence-electron chi connectivity index (χ2n) is 7.53. The topological polar surface area (TPSA) is 121 Å². The molecular formula is C22H17ClN4O6. The highest BCUT2D eigenvalue weighted by Crippen LogP contribution is 2.38. The van der Waals surface area contributed by atoms with Gasteiger partial charge < -0.3 is 18.8 Å². The van der Waals surface area contributed by atoms with E-state index in [0.29, 0.717) is 22.1 Å². The molecule has 0 saturated heterocycles. The molecule has 2 heterocycles. The van der Waals surface area contributed by atoms with Crippen LogP contribution >= 0.6 is 11.6 Å². The van der Waals surface area contributed by atoms with E-state index in [-0.39, 0.29) is 48.3 Å². The molecule has 0 bridgehead atoms. The van der Waals surface area contributed by atoms with E-state index in [4.69, 9.17) is 25.5 Å². The Morgan fingerprint density at radius 3 is 2.70 bits per heavy atom. The summed E-state index contributed by atoms with van der Waals surface area (Å²) in [5.41, 5.74) is 0.673. The zero-order valence-electron chi connectivity index (χ0n) is 17.1. The number of halogens is 1. The lowest BCUT2D eigenvalue weighted by Crippen LogP contribution is -2.31. The summed E-state index contributed by atoms with van der Waals surface area (Å²) in [4.78, 5) is 25.5. The van der Waals surface area contributed by atoms with E-state index in [1.807, 2.05) is 6.07 Å². The summed E-state index contributed by atoms with van der Waals surface area (Å²) >= 11 is 6.19. The first-order chi connectivity index (χ1) is 16.0. The molecule has 1 fully saturated rings. The van der Waals surface area contributed by atoms with Crippen LogP contribution in [0.4, 0.5) is 5.69 Å². The molecule has 1 aromatic heterocycles. The van der Waals surface area contributed by atoms with Crippen LogP contribution in [0, 0.1) is 10.1 Å². The second-order valence-corrected chi connectivity index (χ2v) is 7.94. The first kappa shape index (κ1) is 21.0. The molecule has 33 heavy (non-hydrogen) atoms. The number of benzene rings is 2. The van der Waals surface area contributed by atoms with Crippen LogP contribution in [-0.4, -0.2) is 38.8 Å². The third kappa shape index (κ3) is 4.37. The Labute approximate surface area is 192 Å². The molecule has 5 rings (SSSR count). The first-order valence-electron chi connectivity index (χ1n) is 10.1. The maximum absolute atomic E-state index is 13.0. The van der Waals surface area contributed by atoms with Gasteiger partial charge in [0.1, 0.15) is 0 Å². The monoisotopic (exact) mass is 468 g/mol. The number of hydrogen-bond donors (Lipinski definition) is 0. The summed E-state index contributed by atoms with van der Waals surface area (Å²) in [5, 5.41) is 20.0. The van der Waals surface area contributed by atoms with Crippen molar-refractivity contribution in [2.24, 2.45) is 0 Å². The predicted octanol–water partition coefficient (Wildman–Crippen LogP) is 4.23. The molecule has 10 nitrogen and oxygen atoms in total. The van der Waals surface area contributed by atoms with Crippen molar-refractivity contribution in [1.29, 1.82) is 0 Å². The van der Waals surface area contributed by atoms with Crippen molar-refractivity contribution in [3.8, 4) is 23.0 Å². The summed E-state index contributed by atoms with van der Waals surface area (Å²) in [6.07, 6.45) is 4.42. The van der Waals surface area contributed by atoms with Gasteiger partial charge in [0.15, 0.2) is 11.5 Å². The molecule has 2 aliphatic rings. The van der Waals surface area contributed by atoms with E-state index in [0.717, 1.165) is 12.8 Å². The van der Waals surface area contributed by atoms with Crippen LogP contribution < -0.4 is 9.47 Å². The quantitative estimate of drug-likeness (QED) is 0.287. The molecule has 0 atom stereocenters. The average molecular weight is 469 g/mol. The van der Waals surface area contributed by atoms with Crippen molar-refractivity contribution in [3.05, 3.63) is 69.1 Å². The number of ether oxygens (including phenoxy) is 2. The van der Waals surface area contributed by atoms with E-state index in [2.05, 4.69) is 10.2 Å². The number of carbonyl (C=O) groups excluding carboxylic acids is 1. The SMILES string of the molecule is O=C(/C=C/c1cc2c(cc1[N+](=O)[O-])OCO2)N(Cc1nnc(-c2ccccc2Cl)o1)C1CC1. The number of nitrogens with zero attached hydrogens (tertiary/aromatic N) is 4. The minimum atomic E-state index is -0.528. The summed E-state index contributed by atoms with van der Waals surface area (Å²) in [7, 11) is 0. The lowest BCUT2D eigenvalue weighted by Gasteiger charge is -2.18. The second kappa shape index (κ2) is 8.55. The Morgan fingerprint density at radius 2 is 1.97 bits per heavy atom. The Kier molecular flexibility index (Phi) is 5.43.